The van der Waals surface area contributed by atoms with E-state index in [1.54, 1.807) is 38.4 Å². The van der Waals surface area contributed by atoms with Crippen LogP contribution in [-0.4, -0.2) is 25.6 Å². The molecule has 4 rings (SSSR count). The van der Waals surface area contributed by atoms with Gasteiger partial charge in [-0.1, -0.05) is 29.1 Å². The first-order valence-corrected chi connectivity index (χ1v) is 9.88. The van der Waals surface area contributed by atoms with Crippen LogP contribution in [0.2, 0.25) is 0 Å². The highest BCUT2D eigenvalue weighted by molar-refractivity contribution is 5.94. The van der Waals surface area contributed by atoms with E-state index in [-0.39, 0.29) is 5.78 Å². The van der Waals surface area contributed by atoms with Gasteiger partial charge in [0.05, 0.1) is 6.54 Å². The molecule has 0 saturated heterocycles. The van der Waals surface area contributed by atoms with Gasteiger partial charge in [0.2, 0.25) is 0 Å². The molecular formula is C25H21N3O3. The number of carbonyl (C=O) groups excluding carboxylic acids is 1. The van der Waals surface area contributed by atoms with Crippen LogP contribution in [0.3, 0.4) is 0 Å². The van der Waals surface area contributed by atoms with Crippen LogP contribution in [0, 0.1) is 11.8 Å². The number of hydrogen-bond donors (Lipinski definition) is 1. The van der Waals surface area contributed by atoms with Crippen LogP contribution in [0.25, 0.3) is 11.3 Å². The Morgan fingerprint density at radius 2 is 1.74 bits per heavy atom. The van der Waals surface area contributed by atoms with Crippen molar-refractivity contribution >= 4 is 5.78 Å². The summed E-state index contributed by atoms with van der Waals surface area (Å²) in [6, 6.07) is 16.9. The predicted octanol–water partition coefficient (Wildman–Crippen LogP) is 4.24. The number of benzene rings is 2. The van der Waals surface area contributed by atoms with Gasteiger partial charge in [-0.3, -0.25) is 4.79 Å². The Bertz CT molecular complexity index is 1250. The summed E-state index contributed by atoms with van der Waals surface area (Å²) in [7, 11) is 0. The fourth-order valence-corrected chi connectivity index (χ4v) is 3.17. The van der Waals surface area contributed by atoms with Crippen molar-refractivity contribution in [1.82, 2.24) is 14.7 Å². The van der Waals surface area contributed by atoms with Gasteiger partial charge in [-0.2, -0.15) is 0 Å². The summed E-state index contributed by atoms with van der Waals surface area (Å²) in [5.74, 6) is 7.52. The Morgan fingerprint density at radius 1 is 1.10 bits per heavy atom. The predicted molar refractivity (Wildman–Crippen MR) is 116 cm³/mol. The molecule has 1 N–H and O–H groups in total. The summed E-state index contributed by atoms with van der Waals surface area (Å²) in [4.78, 5) is 15.5. The average Bonchev–Trinajstić information content (AvgIpc) is 3.43. The smallest absolute Gasteiger partial charge is 0.167 e. The van der Waals surface area contributed by atoms with Crippen molar-refractivity contribution in [2.45, 2.75) is 26.5 Å². The van der Waals surface area contributed by atoms with Gasteiger partial charge in [0.1, 0.15) is 17.6 Å². The van der Waals surface area contributed by atoms with Gasteiger partial charge in [0.15, 0.2) is 11.5 Å². The Labute approximate surface area is 180 Å². The zero-order valence-electron chi connectivity index (χ0n) is 17.2. The third-order valence-electron chi connectivity index (χ3n) is 4.82. The zero-order chi connectivity index (χ0) is 21.8. The van der Waals surface area contributed by atoms with Gasteiger partial charge in [0.25, 0.3) is 0 Å². The molecule has 2 heterocycles. The van der Waals surface area contributed by atoms with Crippen molar-refractivity contribution in [2.24, 2.45) is 0 Å². The van der Waals surface area contributed by atoms with Gasteiger partial charge in [-0.15, -0.1) is 0 Å². The van der Waals surface area contributed by atoms with Gasteiger partial charge < -0.3 is 14.2 Å². The van der Waals surface area contributed by atoms with Crippen molar-refractivity contribution in [3.63, 3.8) is 0 Å². The molecule has 154 valence electrons. The molecule has 6 heteroatoms. The van der Waals surface area contributed by atoms with Crippen LogP contribution in [0.4, 0.5) is 0 Å². The third kappa shape index (κ3) is 4.80. The summed E-state index contributed by atoms with van der Waals surface area (Å²) in [6.45, 7) is 3.69. The monoisotopic (exact) mass is 411 g/mol. The van der Waals surface area contributed by atoms with E-state index in [1.807, 2.05) is 47.0 Å². The largest absolute Gasteiger partial charge is 0.385 e. The number of rotatable bonds is 5. The number of ketones is 1. The van der Waals surface area contributed by atoms with Crippen LogP contribution in [-0.2, 0) is 6.54 Å². The number of aromatic nitrogens is 3. The molecule has 0 aliphatic heterocycles. The van der Waals surface area contributed by atoms with Gasteiger partial charge >= 0.3 is 0 Å². The van der Waals surface area contributed by atoms with E-state index in [1.165, 1.54) is 0 Å². The summed E-state index contributed by atoms with van der Waals surface area (Å²) >= 11 is 0. The van der Waals surface area contributed by atoms with Crippen LogP contribution in [0.1, 0.15) is 53.0 Å². The number of aliphatic hydroxyl groups excluding tert-OH is 1. The minimum Gasteiger partial charge on any atom is -0.385 e. The normalized spacial score (nSPS) is 11.6. The summed E-state index contributed by atoms with van der Waals surface area (Å²) in [5.41, 5.74) is 4.05. The molecule has 0 radical (unpaired) electrons. The lowest BCUT2D eigenvalue weighted by molar-refractivity contribution is 0.101. The maximum Gasteiger partial charge on any atom is 0.167 e. The molecule has 4 aromatic rings. The molecule has 1 unspecified atom stereocenters. The minimum absolute atomic E-state index is 0.0408. The maximum absolute atomic E-state index is 11.3. The molecule has 0 amide bonds. The van der Waals surface area contributed by atoms with Crippen LogP contribution in [0.15, 0.2) is 71.5 Å². The lowest BCUT2D eigenvalue weighted by Gasteiger charge is -2.07. The van der Waals surface area contributed by atoms with Crippen LogP contribution < -0.4 is 0 Å². The van der Waals surface area contributed by atoms with E-state index in [9.17, 15) is 9.90 Å². The average molecular weight is 411 g/mol. The Morgan fingerprint density at radius 3 is 2.35 bits per heavy atom. The highest BCUT2D eigenvalue weighted by Gasteiger charge is 2.12. The van der Waals surface area contributed by atoms with Crippen LogP contribution in [0.5, 0.6) is 0 Å². The second-order valence-electron chi connectivity index (χ2n) is 7.23. The van der Waals surface area contributed by atoms with E-state index in [4.69, 9.17) is 4.52 Å². The van der Waals surface area contributed by atoms with Gasteiger partial charge in [-0.25, -0.2) is 4.98 Å². The standard InChI is InChI=1S/C25H21N3O3/c1-17(29)21-9-5-19(6-10-21)3-4-20-7-11-22(12-8-20)24-15-23(27-31-24)16-28-14-13-26-25(28)18(2)30/h5-15,18,30H,16H2,1-2H3. The molecule has 31 heavy (non-hydrogen) atoms. The topological polar surface area (TPSA) is 81.2 Å². The van der Waals surface area contributed by atoms with E-state index in [0.717, 1.165) is 22.4 Å². The molecule has 0 fully saturated rings. The quantitative estimate of drug-likeness (QED) is 0.392. The number of hydrogen-bond acceptors (Lipinski definition) is 5. The van der Waals surface area contributed by atoms with Crippen molar-refractivity contribution in [1.29, 1.82) is 0 Å². The highest BCUT2D eigenvalue weighted by Crippen LogP contribution is 2.22. The van der Waals surface area contributed by atoms with Crippen molar-refractivity contribution in [3.05, 3.63) is 95.2 Å². The third-order valence-corrected chi connectivity index (χ3v) is 4.82. The molecule has 6 nitrogen and oxygen atoms in total. The van der Waals surface area contributed by atoms with Crippen LogP contribution >= 0.6 is 0 Å². The van der Waals surface area contributed by atoms with Crippen molar-refractivity contribution < 1.29 is 14.4 Å². The van der Waals surface area contributed by atoms with E-state index in [2.05, 4.69) is 22.0 Å². The van der Waals surface area contributed by atoms with E-state index < -0.39 is 6.10 Å². The first-order chi connectivity index (χ1) is 15.0. The number of carbonyl (C=O) groups is 1. The molecule has 0 aliphatic rings. The Hall–Kier alpha value is -3.95. The molecular weight excluding hydrogens is 390 g/mol. The first kappa shape index (κ1) is 20.3. The maximum atomic E-state index is 11.3. The SMILES string of the molecule is CC(=O)c1ccc(C#Cc2ccc(-c3cc(Cn4ccnc4C(C)O)no3)cc2)cc1. The van der Waals surface area contributed by atoms with Crippen molar-refractivity contribution in [2.75, 3.05) is 0 Å². The minimum atomic E-state index is -0.651. The fraction of sp³-hybridized carbons (Fsp3) is 0.160. The lowest BCUT2D eigenvalue weighted by Crippen LogP contribution is -2.07. The van der Waals surface area contributed by atoms with Gasteiger partial charge in [0, 0.05) is 40.7 Å². The summed E-state index contributed by atoms with van der Waals surface area (Å²) in [6.07, 6.45) is 2.81. The molecule has 2 aromatic carbocycles. The number of aliphatic hydroxyl groups is 1. The second-order valence-corrected chi connectivity index (χ2v) is 7.23. The Kier molecular flexibility index (Phi) is 5.78. The van der Waals surface area contributed by atoms with Crippen molar-refractivity contribution in [3.8, 4) is 23.2 Å². The first-order valence-electron chi connectivity index (χ1n) is 9.88. The number of Topliss-reactive ketones (excluding diaryl/α,β-unsaturated/α-hetero) is 1. The molecule has 2 aromatic heterocycles. The fourth-order valence-electron chi connectivity index (χ4n) is 3.17. The molecule has 0 spiro atoms. The number of nitrogens with zero attached hydrogens (tertiary/aromatic N) is 3. The highest BCUT2D eigenvalue weighted by atomic mass is 16.5. The molecule has 0 aliphatic carbocycles. The zero-order valence-corrected chi connectivity index (χ0v) is 17.2. The lowest BCUT2D eigenvalue weighted by atomic mass is 10.1. The molecule has 1 atom stereocenters. The van der Waals surface area contributed by atoms with E-state index in [0.29, 0.717) is 23.7 Å². The van der Waals surface area contributed by atoms with Gasteiger partial charge in [-0.05, 0) is 50.2 Å². The molecule has 0 saturated carbocycles. The summed E-state index contributed by atoms with van der Waals surface area (Å²) < 4.78 is 7.33. The van der Waals surface area contributed by atoms with E-state index >= 15 is 0 Å². The second kappa shape index (κ2) is 8.82. The number of imidazole rings is 1. The Balaban J connectivity index is 1.45. The molecule has 0 bridgehead atoms. The summed E-state index contributed by atoms with van der Waals surface area (Å²) in [5, 5.41) is 13.9.